The number of thiazole rings is 1. The molecule has 1 heterocycles. The highest BCUT2D eigenvalue weighted by Gasteiger charge is 2.09. The third-order valence-electron chi connectivity index (χ3n) is 4.40. The number of allylic oxidation sites excluding steroid dienone is 1. The van der Waals surface area contributed by atoms with Crippen LogP contribution in [0.3, 0.4) is 0 Å². The Labute approximate surface area is 158 Å². The lowest BCUT2D eigenvalue weighted by molar-refractivity contribution is 1.14. The van der Waals surface area contributed by atoms with E-state index >= 15 is 0 Å². The van der Waals surface area contributed by atoms with Gasteiger partial charge in [0.2, 0.25) is 0 Å². The summed E-state index contributed by atoms with van der Waals surface area (Å²) in [6.07, 6.45) is 2.74. The Morgan fingerprint density at radius 1 is 1.15 bits per heavy atom. The maximum absolute atomic E-state index is 9.51. The van der Waals surface area contributed by atoms with Gasteiger partial charge in [0.1, 0.15) is 16.6 Å². The van der Waals surface area contributed by atoms with E-state index in [1.54, 1.807) is 6.20 Å². The lowest BCUT2D eigenvalue weighted by atomic mass is 10.1. The van der Waals surface area contributed by atoms with Crippen molar-refractivity contribution < 1.29 is 0 Å². The SMILES string of the molecule is CCc1ccc(NC=C(C#N)c2nc(-c3ccc(C)c(C)c3)cs2)cc1. The zero-order valence-corrected chi connectivity index (χ0v) is 16.0. The molecule has 0 spiro atoms. The fourth-order valence-electron chi connectivity index (χ4n) is 2.56. The monoisotopic (exact) mass is 359 g/mol. The summed E-state index contributed by atoms with van der Waals surface area (Å²) >= 11 is 1.49. The number of aromatic nitrogens is 1. The Bertz CT molecular complexity index is 975. The maximum Gasteiger partial charge on any atom is 0.136 e. The van der Waals surface area contributed by atoms with Crippen molar-refractivity contribution in [2.75, 3.05) is 5.32 Å². The van der Waals surface area contributed by atoms with Crippen molar-refractivity contribution in [1.82, 2.24) is 4.98 Å². The molecule has 3 nitrogen and oxygen atoms in total. The number of rotatable bonds is 5. The van der Waals surface area contributed by atoms with Crippen molar-refractivity contribution in [2.24, 2.45) is 0 Å². The van der Waals surface area contributed by atoms with E-state index in [2.05, 4.69) is 67.5 Å². The van der Waals surface area contributed by atoms with Crippen LogP contribution in [-0.2, 0) is 6.42 Å². The number of hydrogen-bond acceptors (Lipinski definition) is 4. The van der Waals surface area contributed by atoms with Gasteiger partial charge < -0.3 is 5.32 Å². The van der Waals surface area contributed by atoms with E-state index < -0.39 is 0 Å². The number of benzene rings is 2. The largest absolute Gasteiger partial charge is 0.360 e. The highest BCUT2D eigenvalue weighted by Crippen LogP contribution is 2.27. The quantitative estimate of drug-likeness (QED) is 0.571. The Morgan fingerprint density at radius 2 is 1.92 bits per heavy atom. The summed E-state index contributed by atoms with van der Waals surface area (Å²) < 4.78 is 0. The van der Waals surface area contributed by atoms with E-state index in [-0.39, 0.29) is 0 Å². The number of hydrogen-bond donors (Lipinski definition) is 1. The molecule has 0 atom stereocenters. The predicted molar refractivity (Wildman–Crippen MR) is 110 cm³/mol. The molecule has 3 aromatic rings. The summed E-state index contributed by atoms with van der Waals surface area (Å²) in [7, 11) is 0. The van der Waals surface area contributed by atoms with E-state index in [0.29, 0.717) is 5.57 Å². The van der Waals surface area contributed by atoms with Gasteiger partial charge in [-0.25, -0.2) is 4.98 Å². The number of anilines is 1. The molecule has 0 aliphatic carbocycles. The first-order chi connectivity index (χ1) is 12.6. The normalized spacial score (nSPS) is 11.2. The van der Waals surface area contributed by atoms with Crippen LogP contribution in [0.5, 0.6) is 0 Å². The van der Waals surface area contributed by atoms with Crippen molar-refractivity contribution in [3.05, 3.63) is 75.7 Å². The van der Waals surface area contributed by atoms with Crippen LogP contribution in [0, 0.1) is 25.2 Å². The minimum atomic E-state index is 0.532. The first-order valence-electron chi connectivity index (χ1n) is 8.60. The molecule has 3 rings (SSSR count). The molecule has 2 aromatic carbocycles. The van der Waals surface area contributed by atoms with Crippen molar-refractivity contribution in [3.8, 4) is 17.3 Å². The van der Waals surface area contributed by atoms with Gasteiger partial charge in [-0.2, -0.15) is 5.26 Å². The van der Waals surface area contributed by atoms with Gasteiger partial charge in [0.15, 0.2) is 0 Å². The average Bonchev–Trinajstić information content (AvgIpc) is 3.15. The Kier molecular flexibility index (Phi) is 5.50. The van der Waals surface area contributed by atoms with E-state index in [1.165, 1.54) is 28.0 Å². The summed E-state index contributed by atoms with van der Waals surface area (Å²) in [6.45, 7) is 6.33. The summed E-state index contributed by atoms with van der Waals surface area (Å²) in [5, 5.41) is 15.4. The molecule has 0 saturated carbocycles. The molecular weight excluding hydrogens is 338 g/mol. The maximum atomic E-state index is 9.51. The van der Waals surface area contributed by atoms with Gasteiger partial charge in [-0.05, 0) is 55.2 Å². The van der Waals surface area contributed by atoms with Crippen LogP contribution in [0.15, 0.2) is 54.0 Å². The van der Waals surface area contributed by atoms with Crippen molar-refractivity contribution in [2.45, 2.75) is 27.2 Å². The molecule has 0 unspecified atom stereocenters. The minimum Gasteiger partial charge on any atom is -0.360 e. The molecule has 0 saturated heterocycles. The number of nitrogens with zero attached hydrogens (tertiary/aromatic N) is 2. The van der Waals surface area contributed by atoms with E-state index in [9.17, 15) is 5.26 Å². The van der Waals surface area contributed by atoms with Gasteiger partial charge in [-0.1, -0.05) is 31.2 Å². The standard InChI is InChI=1S/C22H21N3S/c1-4-17-6-9-20(10-7-17)24-13-19(12-23)22-25-21(14-26-22)18-8-5-15(2)16(3)11-18/h5-11,13-14,24H,4H2,1-3H3. The third-order valence-corrected chi connectivity index (χ3v) is 5.28. The average molecular weight is 359 g/mol. The molecule has 130 valence electrons. The van der Waals surface area contributed by atoms with Crippen molar-refractivity contribution in [3.63, 3.8) is 0 Å². The lowest BCUT2D eigenvalue weighted by Gasteiger charge is -2.03. The number of nitriles is 1. The molecule has 0 radical (unpaired) electrons. The van der Waals surface area contributed by atoms with Crippen LogP contribution < -0.4 is 5.32 Å². The second-order valence-electron chi connectivity index (χ2n) is 6.20. The van der Waals surface area contributed by atoms with Gasteiger partial charge >= 0.3 is 0 Å². The van der Waals surface area contributed by atoms with E-state index in [4.69, 9.17) is 0 Å². The Morgan fingerprint density at radius 3 is 2.58 bits per heavy atom. The minimum absolute atomic E-state index is 0.532. The van der Waals surface area contributed by atoms with Crippen molar-refractivity contribution >= 4 is 22.6 Å². The van der Waals surface area contributed by atoms with Crippen LogP contribution in [0.1, 0.15) is 28.6 Å². The first kappa shape index (κ1) is 17.9. The van der Waals surface area contributed by atoms with Crippen molar-refractivity contribution in [1.29, 1.82) is 5.26 Å². The molecule has 4 heteroatoms. The van der Waals surface area contributed by atoms with Gasteiger partial charge in [0.05, 0.1) is 5.69 Å². The highest BCUT2D eigenvalue weighted by atomic mass is 32.1. The second kappa shape index (κ2) is 7.99. The second-order valence-corrected chi connectivity index (χ2v) is 7.06. The predicted octanol–water partition coefficient (Wildman–Crippen LogP) is 5.97. The molecule has 0 aliphatic heterocycles. The Hall–Kier alpha value is -2.90. The zero-order valence-electron chi connectivity index (χ0n) is 15.2. The number of aryl methyl sites for hydroxylation is 3. The van der Waals surface area contributed by atoms with Crippen LogP contribution in [-0.4, -0.2) is 4.98 Å². The lowest BCUT2D eigenvalue weighted by Crippen LogP contribution is -1.91. The molecule has 0 bridgehead atoms. The summed E-state index contributed by atoms with van der Waals surface area (Å²) in [6, 6.07) is 16.8. The summed E-state index contributed by atoms with van der Waals surface area (Å²) in [5.74, 6) is 0. The van der Waals surface area contributed by atoms with Gasteiger partial charge in [-0.3, -0.25) is 0 Å². The van der Waals surface area contributed by atoms with Gasteiger partial charge in [0.25, 0.3) is 0 Å². The van der Waals surface area contributed by atoms with Gasteiger partial charge in [0, 0.05) is 22.8 Å². The van der Waals surface area contributed by atoms with E-state index in [1.807, 2.05) is 17.5 Å². The highest BCUT2D eigenvalue weighted by molar-refractivity contribution is 7.11. The molecule has 26 heavy (non-hydrogen) atoms. The van der Waals surface area contributed by atoms with Crippen LogP contribution in [0.4, 0.5) is 5.69 Å². The number of nitrogens with one attached hydrogen (secondary N) is 1. The summed E-state index contributed by atoms with van der Waals surface area (Å²) in [5.41, 5.74) is 7.27. The van der Waals surface area contributed by atoms with Gasteiger partial charge in [-0.15, -0.1) is 11.3 Å². The third kappa shape index (κ3) is 4.01. The summed E-state index contributed by atoms with van der Waals surface area (Å²) in [4.78, 5) is 4.65. The zero-order chi connectivity index (χ0) is 18.5. The molecule has 0 amide bonds. The first-order valence-corrected chi connectivity index (χ1v) is 9.48. The molecule has 1 N–H and O–H groups in total. The topological polar surface area (TPSA) is 48.7 Å². The smallest absolute Gasteiger partial charge is 0.136 e. The Balaban J connectivity index is 1.81. The molecular formula is C22H21N3S. The molecule has 1 aromatic heterocycles. The molecule has 0 fully saturated rings. The molecule has 0 aliphatic rings. The van der Waals surface area contributed by atoms with Crippen LogP contribution in [0.25, 0.3) is 16.8 Å². The van der Waals surface area contributed by atoms with E-state index in [0.717, 1.165) is 28.4 Å². The van der Waals surface area contributed by atoms with Crippen LogP contribution in [0.2, 0.25) is 0 Å². The van der Waals surface area contributed by atoms with Crippen LogP contribution >= 0.6 is 11.3 Å². The fourth-order valence-corrected chi connectivity index (χ4v) is 3.36. The fraction of sp³-hybridized carbons (Fsp3) is 0.182.